The maximum absolute atomic E-state index is 12.5. The van der Waals surface area contributed by atoms with Crippen LogP contribution in [0.5, 0.6) is 0 Å². The molecule has 0 radical (unpaired) electrons. The van der Waals surface area contributed by atoms with Gasteiger partial charge in [0.2, 0.25) is 10.0 Å². The molecule has 104 valence electrons. The van der Waals surface area contributed by atoms with Crippen LogP contribution in [0.1, 0.15) is 18.1 Å². The molecule has 0 saturated carbocycles. The average molecular weight is 281 g/mol. The predicted octanol–water partition coefficient (Wildman–Crippen LogP) is 1.67. The number of hydrogen-bond acceptors (Lipinski definition) is 4. The third kappa shape index (κ3) is 3.25. The zero-order chi connectivity index (χ0) is 14.8. The summed E-state index contributed by atoms with van der Waals surface area (Å²) in [5.74, 6) is -0.353. The van der Waals surface area contributed by atoms with Crippen molar-refractivity contribution >= 4 is 15.7 Å². The molecule has 2 N–H and O–H groups in total. The largest absolute Gasteiger partial charge is 0.399 e. The van der Waals surface area contributed by atoms with Crippen molar-refractivity contribution in [3.63, 3.8) is 0 Å². The number of sulfonamides is 1. The maximum atomic E-state index is 12.5. The van der Waals surface area contributed by atoms with Crippen LogP contribution in [-0.2, 0) is 10.0 Å². The van der Waals surface area contributed by atoms with Gasteiger partial charge in [-0.1, -0.05) is 0 Å². The predicted molar refractivity (Wildman–Crippen MR) is 74.9 cm³/mol. The van der Waals surface area contributed by atoms with Crippen LogP contribution < -0.4 is 5.73 Å². The van der Waals surface area contributed by atoms with E-state index in [1.54, 1.807) is 32.9 Å². The molecule has 1 rings (SSSR count). The topological polar surface area (TPSA) is 87.2 Å². The third-order valence-corrected chi connectivity index (χ3v) is 5.03. The van der Waals surface area contributed by atoms with E-state index in [0.717, 1.165) is 0 Å². The van der Waals surface area contributed by atoms with Gasteiger partial charge in [0.1, 0.15) is 0 Å². The molecule has 0 heterocycles. The Labute approximate surface area is 114 Å². The van der Waals surface area contributed by atoms with E-state index in [9.17, 15) is 8.42 Å². The van der Waals surface area contributed by atoms with E-state index in [1.165, 1.54) is 11.4 Å². The molecule has 0 bridgehead atoms. The minimum Gasteiger partial charge on any atom is -0.399 e. The minimum atomic E-state index is -3.60. The zero-order valence-electron chi connectivity index (χ0n) is 11.6. The molecule has 0 amide bonds. The van der Waals surface area contributed by atoms with Gasteiger partial charge in [0.15, 0.2) is 0 Å². The highest BCUT2D eigenvalue weighted by Gasteiger charge is 2.26. The van der Waals surface area contributed by atoms with Gasteiger partial charge in [-0.2, -0.15) is 9.57 Å². The lowest BCUT2D eigenvalue weighted by Crippen LogP contribution is -2.31. The van der Waals surface area contributed by atoms with Crippen molar-refractivity contribution in [3.8, 4) is 6.07 Å². The molecular formula is C13H19N3O2S. The van der Waals surface area contributed by atoms with Gasteiger partial charge in [0.25, 0.3) is 0 Å². The van der Waals surface area contributed by atoms with Gasteiger partial charge in [-0.25, -0.2) is 8.42 Å². The van der Waals surface area contributed by atoms with Gasteiger partial charge in [-0.15, -0.1) is 0 Å². The average Bonchev–Trinajstić information content (AvgIpc) is 2.26. The third-order valence-electron chi connectivity index (χ3n) is 2.90. The molecular weight excluding hydrogens is 262 g/mol. The Balaban J connectivity index is 3.25. The van der Waals surface area contributed by atoms with Crippen LogP contribution in [0.3, 0.4) is 0 Å². The number of anilines is 1. The van der Waals surface area contributed by atoms with E-state index in [4.69, 9.17) is 11.0 Å². The minimum absolute atomic E-state index is 0.169. The first-order valence-electron chi connectivity index (χ1n) is 5.92. The highest BCUT2D eigenvalue weighted by Crippen LogP contribution is 2.25. The summed E-state index contributed by atoms with van der Waals surface area (Å²) < 4.78 is 26.2. The second-order valence-corrected chi connectivity index (χ2v) is 6.78. The zero-order valence-corrected chi connectivity index (χ0v) is 12.5. The number of benzene rings is 1. The summed E-state index contributed by atoms with van der Waals surface area (Å²) in [6.45, 7) is 5.30. The molecule has 19 heavy (non-hydrogen) atoms. The van der Waals surface area contributed by atoms with Crippen LogP contribution >= 0.6 is 0 Å². The number of nitrogen functional groups attached to an aromatic ring is 1. The lowest BCUT2D eigenvalue weighted by Gasteiger charge is -2.21. The molecule has 0 fully saturated rings. The van der Waals surface area contributed by atoms with Crippen LogP contribution in [0.25, 0.3) is 0 Å². The normalized spacial score (nSPS) is 13.3. The lowest BCUT2D eigenvalue weighted by molar-refractivity contribution is 0.438. The Kier molecular flexibility index (Phi) is 4.56. The molecule has 5 nitrogen and oxygen atoms in total. The number of aryl methyl sites for hydroxylation is 2. The van der Waals surface area contributed by atoms with Gasteiger partial charge in [0, 0.05) is 19.3 Å². The Morgan fingerprint density at radius 1 is 1.37 bits per heavy atom. The van der Waals surface area contributed by atoms with Crippen LogP contribution in [0.15, 0.2) is 17.0 Å². The number of nitriles is 1. The Morgan fingerprint density at radius 2 is 1.84 bits per heavy atom. The monoisotopic (exact) mass is 281 g/mol. The summed E-state index contributed by atoms with van der Waals surface area (Å²) in [6, 6.07) is 5.31. The van der Waals surface area contributed by atoms with E-state index in [2.05, 4.69) is 0 Å². The molecule has 1 aromatic rings. The summed E-state index contributed by atoms with van der Waals surface area (Å²) in [4.78, 5) is 0.273. The standard InChI is InChI=1S/C13H19N3O2S/c1-9(7-14)8-16(4)19(17,18)13-10(2)5-12(15)6-11(13)3/h5-6,9H,8,15H2,1-4H3. The first-order chi connectivity index (χ1) is 8.70. The van der Waals surface area contributed by atoms with Crippen molar-refractivity contribution in [2.45, 2.75) is 25.7 Å². The van der Waals surface area contributed by atoms with Gasteiger partial charge >= 0.3 is 0 Å². The fourth-order valence-electron chi connectivity index (χ4n) is 2.07. The Morgan fingerprint density at radius 3 is 2.26 bits per heavy atom. The quantitative estimate of drug-likeness (QED) is 0.850. The van der Waals surface area contributed by atoms with E-state index in [1.807, 2.05) is 6.07 Å². The van der Waals surface area contributed by atoms with E-state index < -0.39 is 10.0 Å². The molecule has 0 saturated heterocycles. The van der Waals surface area contributed by atoms with Gasteiger partial charge < -0.3 is 5.73 Å². The van der Waals surface area contributed by atoms with Crippen LogP contribution in [0.4, 0.5) is 5.69 Å². The molecule has 0 aliphatic rings. The van der Waals surface area contributed by atoms with Crippen molar-refractivity contribution in [1.29, 1.82) is 5.26 Å². The van der Waals surface area contributed by atoms with E-state index in [0.29, 0.717) is 16.8 Å². The molecule has 1 unspecified atom stereocenters. The maximum Gasteiger partial charge on any atom is 0.243 e. The smallest absolute Gasteiger partial charge is 0.243 e. The molecule has 1 aromatic carbocycles. The number of rotatable bonds is 4. The lowest BCUT2D eigenvalue weighted by atomic mass is 10.1. The summed E-state index contributed by atoms with van der Waals surface area (Å²) in [5, 5.41) is 8.78. The highest BCUT2D eigenvalue weighted by molar-refractivity contribution is 7.89. The van der Waals surface area contributed by atoms with Crippen LogP contribution in [-0.4, -0.2) is 26.3 Å². The molecule has 0 aliphatic carbocycles. The van der Waals surface area contributed by atoms with Crippen molar-refractivity contribution in [1.82, 2.24) is 4.31 Å². The van der Waals surface area contributed by atoms with Gasteiger partial charge in [0.05, 0.1) is 16.9 Å². The SMILES string of the molecule is Cc1cc(N)cc(C)c1S(=O)(=O)N(C)CC(C)C#N. The second kappa shape index (κ2) is 5.59. The summed E-state index contributed by atoms with van der Waals surface area (Å²) in [5.41, 5.74) is 7.48. The molecule has 1 atom stereocenters. The summed E-state index contributed by atoms with van der Waals surface area (Å²) in [6.07, 6.45) is 0. The number of hydrogen-bond donors (Lipinski definition) is 1. The number of nitrogens with zero attached hydrogens (tertiary/aromatic N) is 2. The molecule has 0 spiro atoms. The van der Waals surface area contributed by atoms with Crippen molar-refractivity contribution in [2.75, 3.05) is 19.3 Å². The molecule has 0 aromatic heterocycles. The van der Waals surface area contributed by atoms with Crippen molar-refractivity contribution < 1.29 is 8.42 Å². The van der Waals surface area contributed by atoms with E-state index in [-0.39, 0.29) is 17.4 Å². The summed E-state index contributed by atoms with van der Waals surface area (Å²) in [7, 11) is -2.11. The van der Waals surface area contributed by atoms with Crippen LogP contribution in [0.2, 0.25) is 0 Å². The summed E-state index contributed by atoms with van der Waals surface area (Å²) >= 11 is 0. The van der Waals surface area contributed by atoms with Gasteiger partial charge in [-0.05, 0) is 44.0 Å². The Bertz CT molecular complexity index is 594. The highest BCUT2D eigenvalue weighted by atomic mass is 32.2. The first kappa shape index (κ1) is 15.5. The van der Waals surface area contributed by atoms with E-state index >= 15 is 0 Å². The molecule has 0 aliphatic heterocycles. The van der Waals surface area contributed by atoms with Crippen molar-refractivity contribution in [3.05, 3.63) is 23.3 Å². The van der Waals surface area contributed by atoms with Crippen molar-refractivity contribution in [2.24, 2.45) is 5.92 Å². The molecule has 6 heteroatoms. The van der Waals surface area contributed by atoms with Crippen LogP contribution in [0, 0.1) is 31.1 Å². The fourth-order valence-corrected chi connectivity index (χ4v) is 3.73. The van der Waals surface area contributed by atoms with Gasteiger partial charge in [-0.3, -0.25) is 0 Å². The Hall–Kier alpha value is -1.58. The second-order valence-electron chi connectivity index (χ2n) is 4.80. The first-order valence-corrected chi connectivity index (χ1v) is 7.36. The number of nitrogens with two attached hydrogens (primary N) is 1. The fraction of sp³-hybridized carbons (Fsp3) is 0.462.